The number of hydrogen-bond donors (Lipinski definition) is 0. The molecule has 0 aliphatic carbocycles. The zero-order valence-corrected chi connectivity index (χ0v) is 11.7. The van der Waals surface area contributed by atoms with Crippen LogP contribution in [0.1, 0.15) is 6.92 Å². The Hall–Kier alpha value is 2.31. The first kappa shape index (κ1) is 8.31. The maximum atomic E-state index is 3.53. The predicted octanol–water partition coefficient (Wildman–Crippen LogP) is 3.51. The standard InChI is InChI=1S/C2H5.3BrH.Hf/c1-2;;;;/h1H2,2H3;3*1H;/q;;;;+3/p-3. The van der Waals surface area contributed by atoms with E-state index in [0.717, 1.165) is 0 Å². The fourth-order valence-corrected chi connectivity index (χ4v) is 0. The van der Waals surface area contributed by atoms with Crippen molar-refractivity contribution in [2.24, 2.45) is 0 Å². The summed E-state index contributed by atoms with van der Waals surface area (Å²) >= 11 is 8.70. The maximum absolute atomic E-state index is 3.53. The van der Waals surface area contributed by atoms with Crippen LogP contribution >= 0.6 is 36.9 Å². The topological polar surface area (TPSA) is 0 Å². The molecule has 0 atom stereocenters. The van der Waals surface area contributed by atoms with Gasteiger partial charge in [0.1, 0.15) is 0 Å². The van der Waals surface area contributed by atoms with Gasteiger partial charge in [0, 0.05) is 0 Å². The van der Waals surface area contributed by atoms with Crippen LogP contribution in [0.5, 0.6) is 0 Å². The van der Waals surface area contributed by atoms with Gasteiger partial charge in [-0.1, -0.05) is 0 Å². The molecule has 0 amide bonds. The van der Waals surface area contributed by atoms with Gasteiger partial charge < -0.3 is 0 Å². The summed E-state index contributed by atoms with van der Waals surface area (Å²) in [6, 6.07) is 0. The molecule has 0 aliphatic rings. The summed E-state index contributed by atoms with van der Waals surface area (Å²) in [5, 5.41) is 0. The van der Waals surface area contributed by atoms with Gasteiger partial charge in [0.05, 0.1) is 0 Å². The molecule has 0 fully saturated rings. The molecule has 38 valence electrons. The van der Waals surface area contributed by atoms with E-state index in [4.69, 9.17) is 0 Å². The molecule has 0 saturated carbocycles. The molecule has 0 radical (unpaired) electrons. The van der Waals surface area contributed by atoms with E-state index in [-0.39, 0.29) is 0 Å². The van der Waals surface area contributed by atoms with E-state index in [1.54, 1.807) is 0 Å². The van der Waals surface area contributed by atoms with Crippen LogP contribution in [-0.4, -0.2) is 0 Å². The second-order valence-corrected chi connectivity index (χ2v) is 67.3. The van der Waals surface area contributed by atoms with Crippen molar-refractivity contribution < 1.29 is 13.0 Å². The molecule has 4 heteroatoms. The Balaban J connectivity index is 3.17. The van der Waals surface area contributed by atoms with E-state index in [0.29, 0.717) is 0 Å². The molecule has 0 saturated heterocycles. The Kier molecular flexibility index (Phi) is 4.65. The van der Waals surface area contributed by atoms with Crippen molar-refractivity contribution in [1.29, 1.82) is 0 Å². The SMILES string of the molecule is C[CH2][Hf]([Br])([Br])[Br]. The zero-order valence-electron chi connectivity index (χ0n) is 3.34. The van der Waals surface area contributed by atoms with Crippen molar-refractivity contribution in [3.63, 3.8) is 0 Å². The first-order valence-corrected chi connectivity index (χ1v) is 27.7. The van der Waals surface area contributed by atoms with Gasteiger partial charge in [-0.2, -0.15) is 0 Å². The molecule has 0 spiro atoms. The van der Waals surface area contributed by atoms with Crippen LogP contribution in [0.15, 0.2) is 0 Å². The van der Waals surface area contributed by atoms with E-state index in [9.17, 15) is 0 Å². The molecule has 0 aromatic carbocycles. The Labute approximate surface area is 59.9 Å². The molecular weight excluding hydrogens is 442 g/mol. The predicted molar refractivity (Wildman–Crippen MR) is 37.3 cm³/mol. The van der Waals surface area contributed by atoms with Crippen molar-refractivity contribution in [3.8, 4) is 0 Å². The van der Waals surface area contributed by atoms with Gasteiger partial charge in [0.15, 0.2) is 0 Å². The number of rotatable bonds is 1. The summed E-state index contributed by atoms with van der Waals surface area (Å²) in [6.07, 6.45) is 0. The molecule has 0 bridgehead atoms. The van der Waals surface area contributed by atoms with Crippen LogP contribution in [0, 0.1) is 0 Å². The van der Waals surface area contributed by atoms with Gasteiger partial charge in [-0.3, -0.25) is 0 Å². The molecule has 0 rings (SSSR count). The van der Waals surface area contributed by atoms with Gasteiger partial charge in [-0.05, 0) is 0 Å². The van der Waals surface area contributed by atoms with Crippen LogP contribution < -0.4 is 0 Å². The Morgan fingerprint density at radius 3 is 1.50 bits per heavy atom. The number of hydrogen-bond acceptors (Lipinski definition) is 0. The second-order valence-electron chi connectivity index (χ2n) is 0.969. The molecule has 6 heavy (non-hydrogen) atoms. The van der Waals surface area contributed by atoms with Gasteiger partial charge in [0.2, 0.25) is 0 Å². The first-order chi connectivity index (χ1) is 2.56. The quantitative estimate of drug-likeness (QED) is 0.540. The van der Waals surface area contributed by atoms with Crippen LogP contribution in [0.25, 0.3) is 0 Å². The Morgan fingerprint density at radius 2 is 1.50 bits per heavy atom. The van der Waals surface area contributed by atoms with Crippen molar-refractivity contribution in [2.45, 2.75) is 11.1 Å². The van der Waals surface area contributed by atoms with Crippen LogP contribution in [0.3, 0.4) is 0 Å². The van der Waals surface area contributed by atoms with E-state index in [1.165, 1.54) is 4.18 Å². The van der Waals surface area contributed by atoms with Crippen LogP contribution in [0.4, 0.5) is 0 Å². The van der Waals surface area contributed by atoms with Crippen LogP contribution in [0.2, 0.25) is 4.18 Å². The van der Waals surface area contributed by atoms with Crippen molar-refractivity contribution >= 4 is 36.9 Å². The summed E-state index contributed by atoms with van der Waals surface area (Å²) < 4.78 is 1.24. The Bertz CT molecular complexity index is 38.5. The third-order valence-corrected chi connectivity index (χ3v) is 17.1. The van der Waals surface area contributed by atoms with Gasteiger partial charge in [0.25, 0.3) is 0 Å². The van der Waals surface area contributed by atoms with E-state index in [1.807, 2.05) is 0 Å². The van der Waals surface area contributed by atoms with Crippen molar-refractivity contribution in [3.05, 3.63) is 0 Å². The fourth-order valence-electron chi connectivity index (χ4n) is 0. The van der Waals surface area contributed by atoms with E-state index in [2.05, 4.69) is 43.8 Å². The summed E-state index contributed by atoms with van der Waals surface area (Å²) in [4.78, 5) is 0. The normalized spacial score (nSPS) is 12.0. The van der Waals surface area contributed by atoms with Crippen LogP contribution in [-0.2, 0) is 13.0 Å². The van der Waals surface area contributed by atoms with E-state index < -0.39 is 13.0 Å². The number of halogens is 3. The molecular formula is C2H5Br3Hf. The summed E-state index contributed by atoms with van der Waals surface area (Å²) in [5.41, 5.74) is 0. The minimum atomic E-state index is -1.90. The molecule has 0 nitrogen and oxygen atoms in total. The monoisotopic (exact) mass is 446 g/mol. The molecule has 0 aromatic rings. The summed E-state index contributed by atoms with van der Waals surface area (Å²) in [6.45, 7) is 2.17. The molecule has 0 aromatic heterocycles. The average molecular weight is 447 g/mol. The molecule has 0 unspecified atom stereocenters. The minimum absolute atomic E-state index is 1.24. The van der Waals surface area contributed by atoms with Gasteiger partial charge in [-0.25, -0.2) is 0 Å². The third kappa shape index (κ3) is 6.31. The average Bonchev–Trinajstić information content (AvgIpc) is 1.35. The fraction of sp³-hybridized carbons (Fsp3) is 1.00. The molecule has 0 N–H and O–H groups in total. The van der Waals surface area contributed by atoms with E-state index >= 15 is 0 Å². The van der Waals surface area contributed by atoms with Crippen molar-refractivity contribution in [1.82, 2.24) is 0 Å². The van der Waals surface area contributed by atoms with Crippen molar-refractivity contribution in [2.75, 3.05) is 0 Å². The molecule has 0 aliphatic heterocycles. The third-order valence-electron chi connectivity index (χ3n) is 0.401. The summed E-state index contributed by atoms with van der Waals surface area (Å²) in [7, 11) is 0. The molecule has 0 heterocycles. The summed E-state index contributed by atoms with van der Waals surface area (Å²) in [5.74, 6) is 0. The zero-order chi connectivity index (χ0) is 5.21. The van der Waals surface area contributed by atoms with Gasteiger partial charge in [-0.15, -0.1) is 0 Å². The first-order valence-electron chi connectivity index (χ1n) is 1.63. The second kappa shape index (κ2) is 3.36. The Morgan fingerprint density at radius 1 is 1.33 bits per heavy atom. The van der Waals surface area contributed by atoms with Gasteiger partial charge >= 0.3 is 61.0 Å².